The first-order chi connectivity index (χ1) is 20.5. The molecule has 2 aromatic heterocycles. The molecule has 0 fully saturated rings. The maximum absolute atomic E-state index is 12.9. The minimum Gasteiger partial charge on any atom is -0.549 e. The maximum Gasteiger partial charge on any atom is 3.00 e. The zero-order valence-electron chi connectivity index (χ0n) is 25.8. The number of carbonyl (C=O) groups is 6. The van der Waals surface area contributed by atoms with Gasteiger partial charge in [-0.1, -0.05) is 0 Å². The van der Waals surface area contributed by atoms with Crippen LogP contribution in [0.4, 0.5) is 0 Å². The van der Waals surface area contributed by atoms with Crippen LogP contribution in [0.1, 0.15) is 22.5 Å². The van der Waals surface area contributed by atoms with E-state index in [9.17, 15) is 69.0 Å². The summed E-state index contributed by atoms with van der Waals surface area (Å²) in [4.78, 5) is 94.4. The molecule has 0 spiro atoms. The molecule has 0 bridgehead atoms. The second-order valence-corrected chi connectivity index (χ2v) is 11.4. The first-order valence-corrected chi connectivity index (χ1v) is 14.7. The van der Waals surface area contributed by atoms with Crippen molar-refractivity contribution >= 4 is 59.3 Å². The number of fused-ring (bicyclic) bond motifs is 1. The van der Waals surface area contributed by atoms with E-state index >= 15 is 0 Å². The number of rotatable bonds is 20. The van der Waals surface area contributed by atoms with E-state index in [1.807, 2.05) is 0 Å². The van der Waals surface area contributed by atoms with Gasteiger partial charge in [0.2, 0.25) is 0 Å². The molecule has 288 valence electrons. The molecule has 0 aliphatic carbocycles. The summed E-state index contributed by atoms with van der Waals surface area (Å²) in [6.45, 7) is -1.43. The third-order valence-corrected chi connectivity index (χ3v) is 8.44. The van der Waals surface area contributed by atoms with E-state index in [0.29, 0.717) is 9.80 Å². The molecule has 2 radical (unpaired) electrons. The van der Waals surface area contributed by atoms with Crippen LogP contribution >= 0.6 is 23.5 Å². The fraction of sp³-hybridized carbons (Fsp3) is 0.500. The third kappa shape index (κ3) is 14.5. The average Bonchev–Trinajstić information content (AvgIpc) is 3.27. The fourth-order valence-electron chi connectivity index (χ4n) is 4.29. The van der Waals surface area contributed by atoms with Gasteiger partial charge in [0.05, 0.1) is 59.3 Å². The minimum absolute atomic E-state index is 0. The van der Waals surface area contributed by atoms with E-state index in [1.165, 1.54) is 18.4 Å². The monoisotopic (exact) mass is 844 g/mol. The summed E-state index contributed by atoms with van der Waals surface area (Å²) < 4.78 is 2.05. The molecule has 2 atom stereocenters. The Hall–Kier alpha value is -3.31. The smallest absolute Gasteiger partial charge is 0.549 e. The molecule has 0 aliphatic heterocycles. The first-order valence-electron chi connectivity index (χ1n) is 12.4. The van der Waals surface area contributed by atoms with Crippen LogP contribution < -0.4 is 41.8 Å². The zero-order valence-corrected chi connectivity index (χ0v) is 29.4. The van der Waals surface area contributed by atoms with E-state index in [-0.39, 0.29) is 88.9 Å². The topological polar surface area (TPSA) is 416 Å². The van der Waals surface area contributed by atoms with Gasteiger partial charge in [-0.2, -0.15) is 28.0 Å². The second-order valence-electron chi connectivity index (χ2n) is 9.38. The predicted octanol–water partition coefficient (Wildman–Crippen LogP) is -13.2. The fourth-order valence-corrected chi connectivity index (χ4v) is 6.73. The van der Waals surface area contributed by atoms with Gasteiger partial charge in [-0.15, -0.1) is 0 Å². The molecule has 0 unspecified atom stereocenters. The van der Waals surface area contributed by atoms with Crippen LogP contribution in [0.2, 0.25) is 0 Å². The number of aromatic nitrogens is 2. The quantitative estimate of drug-likeness (QED) is 0.112. The first kappa shape index (κ1) is 56.1. The average molecular weight is 846 g/mol. The molecular formula is C24H32N4Ni2O18S2. The number of aliphatic carboxylic acids is 6. The maximum atomic E-state index is 12.9. The Morgan fingerprint density at radius 1 is 0.560 bits per heavy atom. The normalized spacial score (nSPS) is 11.4. The van der Waals surface area contributed by atoms with Crippen molar-refractivity contribution in [2.75, 3.05) is 37.7 Å². The molecule has 0 amide bonds. The third-order valence-electron chi connectivity index (χ3n) is 6.39. The molecule has 8 N–H and O–H groups in total. The number of thioether (sulfide) groups is 2. The molecule has 22 nitrogen and oxygen atoms in total. The van der Waals surface area contributed by atoms with Crippen molar-refractivity contribution in [2.24, 2.45) is 0 Å². The Morgan fingerprint density at radius 3 is 1.04 bits per heavy atom. The van der Waals surface area contributed by atoms with Crippen LogP contribution in [0, 0.1) is 13.8 Å². The molecule has 50 heavy (non-hydrogen) atoms. The van der Waals surface area contributed by atoms with Gasteiger partial charge in [-0.25, -0.2) is 4.52 Å². The van der Waals surface area contributed by atoms with Crippen molar-refractivity contribution in [3.8, 4) is 0 Å². The largest absolute Gasteiger partial charge is 3.00 e. The van der Waals surface area contributed by atoms with Crippen molar-refractivity contribution in [1.29, 1.82) is 0 Å². The summed E-state index contributed by atoms with van der Waals surface area (Å²) in [5, 5.41) is 67.5. The van der Waals surface area contributed by atoms with Crippen LogP contribution in [0.15, 0.2) is 9.59 Å². The van der Waals surface area contributed by atoms with Crippen molar-refractivity contribution in [1.82, 2.24) is 18.8 Å². The van der Waals surface area contributed by atoms with Gasteiger partial charge in [-0.05, 0) is 13.8 Å². The van der Waals surface area contributed by atoms with Gasteiger partial charge in [0.15, 0.2) is 0 Å². The molecular weight excluding hydrogens is 814 g/mol. The summed E-state index contributed by atoms with van der Waals surface area (Å²) >= 11 is 1.71. The number of hydrogen-bond donors (Lipinski definition) is 0. The Kier molecular flexibility index (Phi) is 27.8. The molecule has 26 heteroatoms. The summed E-state index contributed by atoms with van der Waals surface area (Å²) in [7, 11) is 0. The number of carboxylic acids is 6. The summed E-state index contributed by atoms with van der Waals surface area (Å²) in [5.41, 5.74) is -0.799. The summed E-state index contributed by atoms with van der Waals surface area (Å²) in [5.74, 6) is -11.7. The van der Waals surface area contributed by atoms with Gasteiger partial charge in [0, 0.05) is 60.3 Å². The van der Waals surface area contributed by atoms with E-state index < -0.39 is 96.7 Å². The molecule has 0 saturated carbocycles. The molecule has 2 aromatic rings. The van der Waals surface area contributed by atoms with Crippen molar-refractivity contribution in [3.05, 3.63) is 43.2 Å². The number of nitrogens with zero attached hydrogens (tertiary/aromatic N) is 4. The number of hydrogen-bond acceptors (Lipinski definition) is 18. The Morgan fingerprint density at radius 2 is 0.820 bits per heavy atom. The van der Waals surface area contributed by atoms with E-state index in [2.05, 4.69) is 0 Å². The Bertz CT molecular complexity index is 1430. The molecule has 0 saturated heterocycles. The Balaban J connectivity index is -0.00000112. The molecule has 2 rings (SSSR count). The Labute approximate surface area is 309 Å². The van der Waals surface area contributed by atoms with Gasteiger partial charge in [0.1, 0.15) is 0 Å². The van der Waals surface area contributed by atoms with Crippen LogP contribution in [0.25, 0.3) is 0 Å². The van der Waals surface area contributed by atoms with E-state index in [1.54, 1.807) is 0 Å². The SMILES string of the molecule is Cc1c(CSC[C@@H](C(=O)[O-])N(CC(=O)[O-])CC(=O)[O-])n2c(CSC[C@@H](C(=O)[O-])N(CC(=O)[O-])CC(=O)[O-])c(C)c(=O)n2c1=O.O.O.O.O.[Ni+3].[Ni+3]. The molecule has 0 aliphatic rings. The van der Waals surface area contributed by atoms with Crippen LogP contribution in [-0.4, -0.2) is 126 Å². The van der Waals surface area contributed by atoms with Crippen molar-refractivity contribution < 1.29 is 114 Å². The van der Waals surface area contributed by atoms with Gasteiger partial charge in [0.25, 0.3) is 11.1 Å². The number of carbonyl (C=O) groups excluding carboxylic acids is 6. The second kappa shape index (κ2) is 24.8. The van der Waals surface area contributed by atoms with E-state index in [0.717, 1.165) is 28.0 Å². The van der Waals surface area contributed by atoms with Crippen LogP contribution in [-0.2, 0) is 73.3 Å². The standard InChI is InChI=1S/C24H30N4O14S2.2Ni.4H2O/c1-11-13(7-43-9-15(23(39)40)25(3-17(29)30)4-18(31)32)27-14(12(2)22(38)28(27)21(11)37)8-44-10-16(24(41)42)26(5-19(33)34)6-20(35)36;;;;;;/h15-16H,3-10H2,1-2H3,(H,29,30)(H,31,32)(H,33,34)(H,35,36)(H,39,40)(H,41,42);;;4*1H2/q;2*+3;;;;/p-6/t15-,16-;;;;;;/m0....../s1. The van der Waals surface area contributed by atoms with Crippen molar-refractivity contribution in [2.45, 2.75) is 37.4 Å². The molecule has 0 aromatic carbocycles. The van der Waals surface area contributed by atoms with Gasteiger partial charge < -0.3 is 81.3 Å². The molecule has 2 heterocycles. The minimum atomic E-state index is -1.78. The zero-order chi connectivity index (χ0) is 33.5. The predicted molar refractivity (Wildman–Crippen MR) is 152 cm³/mol. The van der Waals surface area contributed by atoms with Crippen molar-refractivity contribution in [3.63, 3.8) is 0 Å². The van der Waals surface area contributed by atoms with Crippen LogP contribution in [0.5, 0.6) is 0 Å². The summed E-state index contributed by atoms with van der Waals surface area (Å²) in [6.07, 6.45) is 0. The summed E-state index contributed by atoms with van der Waals surface area (Å²) in [6, 6.07) is -3.44. The van der Waals surface area contributed by atoms with Gasteiger partial charge in [-0.3, -0.25) is 19.4 Å². The number of carboxylic acid groups (broad SMARTS) is 6. The van der Waals surface area contributed by atoms with Crippen LogP contribution in [0.3, 0.4) is 0 Å². The van der Waals surface area contributed by atoms with Gasteiger partial charge >= 0.3 is 33.0 Å². The van der Waals surface area contributed by atoms with E-state index in [4.69, 9.17) is 0 Å².